The smallest absolute Gasteiger partial charge is 0.271 e. The zero-order chi connectivity index (χ0) is 23.1. The molecular formula is C25H23BrN3OS3+. The maximum absolute atomic E-state index is 13.4. The van der Waals surface area contributed by atoms with Crippen molar-refractivity contribution in [3.63, 3.8) is 0 Å². The second kappa shape index (κ2) is 9.25. The van der Waals surface area contributed by atoms with Crippen molar-refractivity contribution >= 4 is 67.2 Å². The summed E-state index contributed by atoms with van der Waals surface area (Å²) in [6, 6.07) is 14.7. The van der Waals surface area contributed by atoms with Gasteiger partial charge in [-0.05, 0) is 37.6 Å². The van der Waals surface area contributed by atoms with Gasteiger partial charge < -0.3 is 4.90 Å². The number of halogens is 1. The Balaban J connectivity index is 1.61. The summed E-state index contributed by atoms with van der Waals surface area (Å²) in [5.74, 6) is 0. The van der Waals surface area contributed by atoms with E-state index < -0.39 is 0 Å². The van der Waals surface area contributed by atoms with Crippen LogP contribution in [-0.2, 0) is 13.1 Å². The molecule has 1 aliphatic rings. The summed E-state index contributed by atoms with van der Waals surface area (Å²) in [6.45, 7) is 5.64. The van der Waals surface area contributed by atoms with Crippen LogP contribution in [0.25, 0.3) is 11.1 Å². The molecule has 0 saturated heterocycles. The van der Waals surface area contributed by atoms with E-state index in [0.717, 1.165) is 40.8 Å². The number of aromatic nitrogens is 2. The average molecular weight is 558 g/mol. The van der Waals surface area contributed by atoms with Gasteiger partial charge in [-0.1, -0.05) is 63.3 Å². The first-order valence-electron chi connectivity index (χ1n) is 10.6. The van der Waals surface area contributed by atoms with E-state index in [1.54, 1.807) is 34.4 Å². The molecule has 0 amide bonds. The van der Waals surface area contributed by atoms with E-state index in [-0.39, 0.29) is 5.56 Å². The average Bonchev–Trinajstić information content (AvgIpc) is 3.46. The van der Waals surface area contributed by atoms with Crippen LogP contribution in [0.3, 0.4) is 0 Å². The van der Waals surface area contributed by atoms with Crippen LogP contribution in [0.1, 0.15) is 23.1 Å². The number of fused-ring (bicyclic) bond motifs is 1. The fourth-order valence-electron chi connectivity index (χ4n) is 3.93. The highest BCUT2D eigenvalue weighted by molar-refractivity contribution is 9.10. The van der Waals surface area contributed by atoms with E-state index in [0.29, 0.717) is 6.54 Å². The van der Waals surface area contributed by atoms with Gasteiger partial charge in [0.15, 0.2) is 12.7 Å². The Kier molecular flexibility index (Phi) is 6.35. The summed E-state index contributed by atoms with van der Waals surface area (Å²) in [5, 5.41) is 4.24. The minimum absolute atomic E-state index is 0.0805. The zero-order valence-electron chi connectivity index (χ0n) is 18.5. The lowest BCUT2D eigenvalue weighted by molar-refractivity contribution is -0.685. The number of thiazole rings is 2. The number of benzene rings is 2. The molecule has 3 heterocycles. The number of rotatable bonds is 4. The van der Waals surface area contributed by atoms with Crippen LogP contribution < -0.4 is 24.2 Å². The highest BCUT2D eigenvalue weighted by Crippen LogP contribution is 2.46. The van der Waals surface area contributed by atoms with E-state index in [2.05, 4.69) is 86.4 Å². The maximum Gasteiger partial charge on any atom is 0.271 e. The molecule has 4 nitrogen and oxygen atoms in total. The molecule has 8 heteroatoms. The van der Waals surface area contributed by atoms with Crippen LogP contribution >= 0.6 is 50.4 Å². The van der Waals surface area contributed by atoms with Crippen molar-refractivity contribution in [2.75, 3.05) is 11.9 Å². The van der Waals surface area contributed by atoms with Crippen LogP contribution in [0, 0.1) is 6.92 Å². The van der Waals surface area contributed by atoms with Gasteiger partial charge in [-0.3, -0.25) is 9.36 Å². The number of nitrogens with zero attached hydrogens (tertiary/aromatic N) is 3. The molecule has 168 valence electrons. The molecule has 0 aliphatic carbocycles. The molecule has 0 bridgehead atoms. The van der Waals surface area contributed by atoms with Gasteiger partial charge in [0.25, 0.3) is 10.6 Å². The summed E-state index contributed by atoms with van der Waals surface area (Å²) in [7, 11) is 2.04. The lowest BCUT2D eigenvalue weighted by atomic mass is 10.1. The first-order valence-corrected chi connectivity index (χ1v) is 13.9. The lowest BCUT2D eigenvalue weighted by Crippen LogP contribution is -2.36. The van der Waals surface area contributed by atoms with E-state index in [4.69, 9.17) is 0 Å². The SMILES string of the molecule is CCn1c(=O)/c(=C2\Sc3cc(Br)ccc3N2C)s/c1=C\c1scc[n+]1Cc1ccccc1C. The summed E-state index contributed by atoms with van der Waals surface area (Å²) in [4.78, 5) is 16.7. The third kappa shape index (κ3) is 4.25. The van der Waals surface area contributed by atoms with Crippen LogP contribution in [0.15, 0.2) is 68.2 Å². The van der Waals surface area contributed by atoms with Crippen molar-refractivity contribution in [2.24, 2.45) is 0 Å². The number of hydrogen-bond acceptors (Lipinski definition) is 5. The first-order chi connectivity index (χ1) is 16.0. The van der Waals surface area contributed by atoms with Gasteiger partial charge in [-0.2, -0.15) is 4.57 Å². The Morgan fingerprint density at radius 1 is 1.18 bits per heavy atom. The van der Waals surface area contributed by atoms with Crippen molar-refractivity contribution in [1.29, 1.82) is 0 Å². The normalized spacial score (nSPS) is 15.4. The lowest BCUT2D eigenvalue weighted by Gasteiger charge is -2.12. The van der Waals surface area contributed by atoms with Crippen LogP contribution in [0.4, 0.5) is 5.69 Å². The molecule has 0 fully saturated rings. The molecular weight excluding hydrogens is 534 g/mol. The Labute approximate surface area is 213 Å². The largest absolute Gasteiger partial charge is 0.337 e. The fourth-order valence-corrected chi connectivity index (χ4v) is 7.80. The molecule has 33 heavy (non-hydrogen) atoms. The number of hydrogen-bond donors (Lipinski definition) is 0. The topological polar surface area (TPSA) is 29.1 Å². The molecule has 0 spiro atoms. The monoisotopic (exact) mass is 556 g/mol. The predicted octanol–water partition coefficient (Wildman–Crippen LogP) is 4.53. The van der Waals surface area contributed by atoms with Gasteiger partial charge in [-0.15, -0.1) is 11.3 Å². The Bertz CT molecular complexity index is 1530. The summed E-state index contributed by atoms with van der Waals surface area (Å²) in [5.41, 5.74) is 3.81. The van der Waals surface area contributed by atoms with Crippen molar-refractivity contribution in [1.82, 2.24) is 4.57 Å². The van der Waals surface area contributed by atoms with Gasteiger partial charge >= 0.3 is 0 Å². The second-order valence-electron chi connectivity index (χ2n) is 7.84. The van der Waals surface area contributed by atoms with Crippen molar-refractivity contribution in [3.05, 3.63) is 94.2 Å². The summed E-state index contributed by atoms with van der Waals surface area (Å²) >= 11 is 8.50. The minimum Gasteiger partial charge on any atom is -0.337 e. The van der Waals surface area contributed by atoms with Gasteiger partial charge in [0.1, 0.15) is 14.2 Å². The van der Waals surface area contributed by atoms with Crippen LogP contribution in [0.2, 0.25) is 0 Å². The number of aryl methyl sites for hydroxylation is 1. The standard InChI is InChI=1S/C25H23BrN3OS3/c1-4-29-22(14-21-28(11-12-31-21)15-17-8-6-5-7-16(17)2)33-23(24(29)30)25-27(3)19-10-9-18(26)13-20(19)32-25/h5-14H,4,15H2,1-3H3/q+1/b25-23+. The Morgan fingerprint density at radius 3 is 2.79 bits per heavy atom. The predicted molar refractivity (Wildman–Crippen MR) is 144 cm³/mol. The summed E-state index contributed by atoms with van der Waals surface area (Å²) < 4.78 is 6.97. The molecule has 0 N–H and O–H groups in total. The van der Waals surface area contributed by atoms with Crippen LogP contribution in [-0.4, -0.2) is 11.6 Å². The molecule has 4 aromatic rings. The quantitative estimate of drug-likeness (QED) is 0.346. The van der Waals surface area contributed by atoms with Crippen molar-refractivity contribution < 1.29 is 4.57 Å². The number of thioether (sulfide) groups is 1. The van der Waals surface area contributed by atoms with E-state index in [1.165, 1.54) is 11.1 Å². The molecule has 2 aromatic heterocycles. The second-order valence-corrected chi connectivity index (χ2v) is 11.7. The third-order valence-corrected chi connectivity index (χ3v) is 9.59. The number of anilines is 1. The van der Waals surface area contributed by atoms with Gasteiger partial charge in [0, 0.05) is 28.5 Å². The maximum atomic E-state index is 13.4. The molecule has 5 rings (SSSR count). The molecule has 1 aliphatic heterocycles. The van der Waals surface area contributed by atoms with E-state index in [9.17, 15) is 4.79 Å². The van der Waals surface area contributed by atoms with E-state index in [1.807, 2.05) is 24.6 Å². The highest BCUT2D eigenvalue weighted by atomic mass is 79.9. The zero-order valence-corrected chi connectivity index (χ0v) is 22.6. The van der Waals surface area contributed by atoms with Gasteiger partial charge in [0.05, 0.1) is 17.1 Å². The molecule has 0 saturated carbocycles. The Morgan fingerprint density at radius 2 is 2.00 bits per heavy atom. The van der Waals surface area contributed by atoms with Crippen molar-refractivity contribution in [2.45, 2.75) is 31.8 Å². The molecule has 2 aromatic carbocycles. The van der Waals surface area contributed by atoms with Gasteiger partial charge in [-0.25, -0.2) is 0 Å². The third-order valence-electron chi connectivity index (χ3n) is 5.78. The van der Waals surface area contributed by atoms with Gasteiger partial charge in [0.2, 0.25) is 0 Å². The first kappa shape index (κ1) is 22.7. The Hall–Kier alpha value is -2.13. The van der Waals surface area contributed by atoms with Crippen molar-refractivity contribution in [3.8, 4) is 0 Å². The molecule has 0 atom stereocenters. The molecule has 0 radical (unpaired) electrons. The minimum atomic E-state index is 0.0805. The molecule has 0 unspecified atom stereocenters. The summed E-state index contributed by atoms with van der Waals surface area (Å²) in [6.07, 6.45) is 4.28. The van der Waals surface area contributed by atoms with Crippen LogP contribution in [0.5, 0.6) is 0 Å². The fraction of sp³-hybridized carbons (Fsp3) is 0.200. The van der Waals surface area contributed by atoms with E-state index >= 15 is 0 Å². The highest BCUT2D eigenvalue weighted by Gasteiger charge is 2.25.